The third-order valence-corrected chi connectivity index (χ3v) is 6.56. The highest BCUT2D eigenvalue weighted by molar-refractivity contribution is 5.98. The van der Waals surface area contributed by atoms with Gasteiger partial charge in [0.15, 0.2) is 23.1 Å². The molecule has 10 heteroatoms. The van der Waals surface area contributed by atoms with Crippen LogP contribution in [0, 0.1) is 11.6 Å². The van der Waals surface area contributed by atoms with Crippen LogP contribution >= 0.6 is 0 Å². The van der Waals surface area contributed by atoms with Crippen LogP contribution < -0.4 is 14.9 Å². The van der Waals surface area contributed by atoms with E-state index in [1.54, 1.807) is 29.8 Å². The predicted octanol–water partition coefficient (Wildman–Crippen LogP) is 5.65. The van der Waals surface area contributed by atoms with E-state index in [1.807, 2.05) is 0 Å². The molecule has 5 aromatic rings. The number of hydrogen-bond acceptors (Lipinski definition) is 7. The van der Waals surface area contributed by atoms with Gasteiger partial charge >= 0.3 is 0 Å². The minimum absolute atomic E-state index is 0.0651. The summed E-state index contributed by atoms with van der Waals surface area (Å²) in [7, 11) is 4.70. The number of nitrogens with zero attached hydrogens (tertiary/aromatic N) is 3. The van der Waals surface area contributed by atoms with Crippen LogP contribution in [0.3, 0.4) is 0 Å². The lowest BCUT2D eigenvalue weighted by Crippen LogP contribution is -2.24. The van der Waals surface area contributed by atoms with Crippen molar-refractivity contribution < 1.29 is 27.8 Å². The minimum atomic E-state index is -0.691. The van der Waals surface area contributed by atoms with E-state index in [1.165, 1.54) is 69.2 Å². The summed E-state index contributed by atoms with van der Waals surface area (Å²) in [5.74, 6) is -0.879. The Balaban J connectivity index is 1.42. The molecular formula is C31H25F2N3O5. The van der Waals surface area contributed by atoms with Gasteiger partial charge in [0.1, 0.15) is 17.1 Å². The number of ether oxygens (including phenoxy) is 3. The number of rotatable bonds is 9. The summed E-state index contributed by atoms with van der Waals surface area (Å²) in [6, 6.07) is 12.9. The molecular weight excluding hydrogens is 532 g/mol. The number of hydrogen-bond donors (Lipinski definition) is 0. The topological polar surface area (TPSA) is 92.5 Å². The fourth-order valence-electron chi connectivity index (χ4n) is 4.51. The van der Waals surface area contributed by atoms with Gasteiger partial charge in [0.2, 0.25) is 5.43 Å². The molecule has 0 fully saturated rings. The predicted molar refractivity (Wildman–Crippen MR) is 148 cm³/mol. The third-order valence-electron chi connectivity index (χ3n) is 6.56. The number of halogens is 2. The van der Waals surface area contributed by atoms with Gasteiger partial charge in [-0.05, 0) is 35.4 Å². The van der Waals surface area contributed by atoms with E-state index >= 15 is 4.39 Å². The van der Waals surface area contributed by atoms with Crippen molar-refractivity contribution >= 4 is 16.8 Å². The second kappa shape index (κ2) is 11.6. The lowest BCUT2D eigenvalue weighted by atomic mass is 9.97. The van der Waals surface area contributed by atoms with Crippen LogP contribution in [0.25, 0.3) is 22.2 Å². The normalized spacial score (nSPS) is 11.0. The van der Waals surface area contributed by atoms with E-state index in [0.29, 0.717) is 39.4 Å². The standard InChI is InChI=1S/C31H25F2N3O5/c1-36-16-22(31(38)29(25(36)17-39-2)19-5-7-20(32)8-6-19)26(37)13-18-4-9-27(23(33)12-18)41-28-10-11-34-24-14-21(40-3)15-35-30(24)28/h4-12,14-16H,13,17H2,1-3H3. The Morgan fingerprint density at radius 2 is 1.76 bits per heavy atom. The monoisotopic (exact) mass is 557 g/mol. The lowest BCUT2D eigenvalue weighted by molar-refractivity contribution is 0.0991. The molecule has 208 valence electrons. The third kappa shape index (κ3) is 5.68. The number of pyridine rings is 3. The van der Waals surface area contributed by atoms with Gasteiger partial charge in [-0.1, -0.05) is 18.2 Å². The number of carbonyl (C=O) groups is 1. The van der Waals surface area contributed by atoms with Crippen LogP contribution in [0.1, 0.15) is 21.6 Å². The Kier molecular flexibility index (Phi) is 7.84. The van der Waals surface area contributed by atoms with Crippen molar-refractivity contribution in [2.24, 2.45) is 7.05 Å². The highest BCUT2D eigenvalue weighted by atomic mass is 19.1. The molecule has 0 aliphatic rings. The summed E-state index contributed by atoms with van der Waals surface area (Å²) < 4.78 is 46.5. The van der Waals surface area contributed by atoms with Crippen LogP contribution in [0.2, 0.25) is 0 Å². The van der Waals surface area contributed by atoms with Crippen molar-refractivity contribution in [3.63, 3.8) is 0 Å². The highest BCUT2D eigenvalue weighted by Gasteiger charge is 2.21. The quantitative estimate of drug-likeness (QED) is 0.216. The van der Waals surface area contributed by atoms with Crippen LogP contribution in [-0.2, 0) is 24.8 Å². The summed E-state index contributed by atoms with van der Waals surface area (Å²) in [4.78, 5) is 35.3. The van der Waals surface area contributed by atoms with Crippen molar-refractivity contribution in [2.75, 3.05) is 14.2 Å². The van der Waals surface area contributed by atoms with Gasteiger partial charge in [-0.3, -0.25) is 14.6 Å². The maximum Gasteiger partial charge on any atom is 0.200 e. The number of carbonyl (C=O) groups excluding carboxylic acids is 1. The van der Waals surface area contributed by atoms with E-state index < -0.39 is 22.8 Å². The molecule has 0 bridgehead atoms. The molecule has 5 rings (SSSR count). The summed E-state index contributed by atoms with van der Waals surface area (Å²) in [5.41, 5.74) is 1.94. The number of Topliss-reactive ketones (excluding diaryl/α,β-unsaturated/α-hetero) is 1. The number of benzene rings is 2. The molecule has 3 aromatic heterocycles. The molecule has 0 saturated heterocycles. The molecule has 0 aliphatic carbocycles. The second-order valence-electron chi connectivity index (χ2n) is 9.26. The molecule has 0 unspecified atom stereocenters. The summed E-state index contributed by atoms with van der Waals surface area (Å²) in [6.45, 7) is 0.107. The molecule has 2 aromatic carbocycles. The van der Waals surface area contributed by atoms with Gasteiger partial charge in [0.05, 0.1) is 42.3 Å². The van der Waals surface area contributed by atoms with Gasteiger partial charge in [-0.2, -0.15) is 0 Å². The number of methoxy groups -OCH3 is 2. The van der Waals surface area contributed by atoms with Gasteiger partial charge < -0.3 is 18.8 Å². The average Bonchev–Trinajstić information content (AvgIpc) is 2.97. The fraction of sp³-hybridized carbons (Fsp3) is 0.161. The van der Waals surface area contributed by atoms with Gasteiger partial charge in [-0.25, -0.2) is 13.8 Å². The molecule has 0 spiro atoms. The average molecular weight is 558 g/mol. The molecule has 0 N–H and O–H groups in total. The Morgan fingerprint density at radius 1 is 0.976 bits per heavy atom. The second-order valence-corrected chi connectivity index (χ2v) is 9.26. The maximum atomic E-state index is 15.1. The first-order chi connectivity index (χ1) is 19.8. The zero-order chi connectivity index (χ0) is 29.1. The Labute approximate surface area is 233 Å². The number of aromatic nitrogens is 3. The Morgan fingerprint density at radius 3 is 2.46 bits per heavy atom. The molecule has 0 saturated carbocycles. The zero-order valence-electron chi connectivity index (χ0n) is 22.5. The molecule has 0 aliphatic heterocycles. The molecule has 0 radical (unpaired) electrons. The molecule has 8 nitrogen and oxygen atoms in total. The first kappa shape index (κ1) is 27.6. The van der Waals surface area contributed by atoms with Crippen LogP contribution in [0.4, 0.5) is 8.78 Å². The summed E-state index contributed by atoms with van der Waals surface area (Å²) in [5, 5.41) is 0. The smallest absolute Gasteiger partial charge is 0.200 e. The Bertz CT molecular complexity index is 1820. The van der Waals surface area contributed by atoms with Crippen molar-refractivity contribution in [1.29, 1.82) is 0 Å². The molecule has 0 amide bonds. The van der Waals surface area contributed by atoms with E-state index in [0.717, 1.165) is 0 Å². The van der Waals surface area contributed by atoms with Crippen LogP contribution in [-0.4, -0.2) is 34.5 Å². The van der Waals surface area contributed by atoms with Crippen LogP contribution in [0.5, 0.6) is 17.2 Å². The Hall–Kier alpha value is -4.96. The highest BCUT2D eigenvalue weighted by Crippen LogP contribution is 2.31. The number of ketones is 1. The van der Waals surface area contributed by atoms with Crippen LogP contribution in [0.15, 0.2) is 78.0 Å². The van der Waals surface area contributed by atoms with E-state index in [2.05, 4.69) is 9.97 Å². The zero-order valence-corrected chi connectivity index (χ0v) is 22.5. The lowest BCUT2D eigenvalue weighted by Gasteiger charge is -2.16. The van der Waals surface area contributed by atoms with E-state index in [9.17, 15) is 14.0 Å². The van der Waals surface area contributed by atoms with Gasteiger partial charge in [0, 0.05) is 45.1 Å². The summed E-state index contributed by atoms with van der Waals surface area (Å²) in [6.07, 6.45) is 4.24. The first-order valence-electron chi connectivity index (χ1n) is 12.5. The van der Waals surface area contributed by atoms with Crippen molar-refractivity contribution in [2.45, 2.75) is 13.0 Å². The van der Waals surface area contributed by atoms with Gasteiger partial charge in [-0.15, -0.1) is 0 Å². The van der Waals surface area contributed by atoms with Gasteiger partial charge in [0.25, 0.3) is 0 Å². The first-order valence-corrected chi connectivity index (χ1v) is 12.5. The summed E-state index contributed by atoms with van der Waals surface area (Å²) >= 11 is 0. The number of aryl methyl sites for hydroxylation is 1. The SMILES string of the molecule is COCc1c(-c2ccc(F)cc2)c(=O)c(C(=O)Cc2ccc(Oc3ccnc4cc(OC)cnc34)c(F)c2)cn1C. The van der Waals surface area contributed by atoms with Crippen molar-refractivity contribution in [3.05, 3.63) is 112 Å². The number of fused-ring (bicyclic) bond motifs is 1. The van der Waals surface area contributed by atoms with E-state index in [-0.39, 0.29) is 29.9 Å². The minimum Gasteiger partial charge on any atom is -0.495 e. The maximum absolute atomic E-state index is 15.1. The molecule has 3 heterocycles. The van der Waals surface area contributed by atoms with Crippen molar-refractivity contribution in [1.82, 2.24) is 14.5 Å². The van der Waals surface area contributed by atoms with E-state index in [4.69, 9.17) is 14.2 Å². The largest absolute Gasteiger partial charge is 0.495 e. The molecule has 41 heavy (non-hydrogen) atoms. The van der Waals surface area contributed by atoms with Crippen molar-refractivity contribution in [3.8, 4) is 28.4 Å². The fourth-order valence-corrected chi connectivity index (χ4v) is 4.51. The molecule has 0 atom stereocenters.